The highest BCUT2D eigenvalue weighted by Crippen LogP contribution is 2.50. The molecular weight excluding hydrogens is 350 g/mol. The van der Waals surface area contributed by atoms with E-state index in [-0.39, 0.29) is 23.7 Å². The minimum Gasteiger partial charge on any atom is -0.360 e. The molecule has 0 aromatic heterocycles. The van der Waals surface area contributed by atoms with Crippen LogP contribution in [0.5, 0.6) is 0 Å². The number of nitrogens with zero attached hydrogens (tertiary/aromatic N) is 1. The van der Waals surface area contributed by atoms with Gasteiger partial charge in [0.15, 0.2) is 0 Å². The summed E-state index contributed by atoms with van der Waals surface area (Å²) in [6.45, 7) is 1.81. The van der Waals surface area contributed by atoms with Gasteiger partial charge in [-0.25, -0.2) is 0 Å². The second kappa shape index (κ2) is 7.00. The molecule has 0 bridgehead atoms. The highest BCUT2D eigenvalue weighted by atomic mass is 35.5. The standard InChI is InChI=1S/C20H20ClN3O2/c21-18-4-2-1-3-15(18)16-11-17(16)20(26)23-13-5-7-14(8-6-13)24-10-9-22-19(25)12-24/h1-8,16-17H,9-12H2,(H,22,25)(H,23,26)/t16-,17+/m1/s1. The van der Waals surface area contributed by atoms with Gasteiger partial charge in [0.05, 0.1) is 6.54 Å². The second-order valence-corrected chi connectivity index (χ2v) is 7.19. The Balaban J connectivity index is 1.37. The van der Waals surface area contributed by atoms with Crippen molar-refractivity contribution in [1.82, 2.24) is 5.32 Å². The van der Waals surface area contributed by atoms with Crippen molar-refractivity contribution in [2.24, 2.45) is 5.92 Å². The van der Waals surface area contributed by atoms with Crippen LogP contribution in [0.4, 0.5) is 11.4 Å². The summed E-state index contributed by atoms with van der Waals surface area (Å²) in [5, 5.41) is 6.52. The number of anilines is 2. The highest BCUT2D eigenvalue weighted by Gasteiger charge is 2.44. The second-order valence-electron chi connectivity index (χ2n) is 6.78. The van der Waals surface area contributed by atoms with E-state index in [2.05, 4.69) is 10.6 Å². The lowest BCUT2D eigenvalue weighted by Gasteiger charge is -2.28. The Morgan fingerprint density at radius 2 is 1.92 bits per heavy atom. The lowest BCUT2D eigenvalue weighted by Crippen LogP contribution is -2.47. The van der Waals surface area contributed by atoms with Gasteiger partial charge >= 0.3 is 0 Å². The molecule has 6 heteroatoms. The van der Waals surface area contributed by atoms with Crippen LogP contribution in [0.25, 0.3) is 0 Å². The highest BCUT2D eigenvalue weighted by molar-refractivity contribution is 6.31. The topological polar surface area (TPSA) is 61.4 Å². The quantitative estimate of drug-likeness (QED) is 0.870. The van der Waals surface area contributed by atoms with Gasteiger partial charge in [-0.2, -0.15) is 0 Å². The number of hydrogen-bond acceptors (Lipinski definition) is 3. The minimum atomic E-state index is -0.0274. The molecule has 134 valence electrons. The Bertz CT molecular complexity index is 837. The molecule has 2 aliphatic rings. The van der Waals surface area contributed by atoms with E-state index in [1.807, 2.05) is 53.4 Å². The number of piperazine rings is 1. The average Bonchev–Trinajstić information content (AvgIpc) is 3.43. The van der Waals surface area contributed by atoms with Gasteiger partial charge in [-0.15, -0.1) is 0 Å². The molecule has 2 atom stereocenters. The molecule has 1 saturated carbocycles. The van der Waals surface area contributed by atoms with Crippen LogP contribution >= 0.6 is 11.6 Å². The van der Waals surface area contributed by atoms with Gasteiger partial charge in [0.1, 0.15) is 0 Å². The predicted molar refractivity (Wildman–Crippen MR) is 103 cm³/mol. The van der Waals surface area contributed by atoms with Crippen molar-refractivity contribution >= 4 is 34.8 Å². The zero-order chi connectivity index (χ0) is 18.1. The van der Waals surface area contributed by atoms with Gasteiger partial charge in [0.25, 0.3) is 0 Å². The molecular formula is C20H20ClN3O2. The van der Waals surface area contributed by atoms with Crippen LogP contribution in [0.15, 0.2) is 48.5 Å². The fraction of sp³-hybridized carbons (Fsp3) is 0.300. The molecule has 1 aliphatic carbocycles. The number of hydrogen-bond donors (Lipinski definition) is 2. The maximum Gasteiger partial charge on any atom is 0.239 e. The van der Waals surface area contributed by atoms with Gasteiger partial charge in [-0.3, -0.25) is 9.59 Å². The first-order valence-electron chi connectivity index (χ1n) is 8.79. The summed E-state index contributed by atoms with van der Waals surface area (Å²) >= 11 is 6.23. The molecule has 2 amide bonds. The third kappa shape index (κ3) is 3.53. The summed E-state index contributed by atoms with van der Waals surface area (Å²) in [4.78, 5) is 26.0. The number of carbonyl (C=O) groups excluding carboxylic acids is 2. The average molecular weight is 370 g/mol. The van der Waals surface area contributed by atoms with Crippen molar-refractivity contribution in [2.45, 2.75) is 12.3 Å². The molecule has 2 aromatic rings. The van der Waals surface area contributed by atoms with Gasteiger partial charge < -0.3 is 15.5 Å². The Hall–Kier alpha value is -2.53. The molecule has 5 nitrogen and oxygen atoms in total. The first kappa shape index (κ1) is 16.9. The maximum absolute atomic E-state index is 12.5. The van der Waals surface area contributed by atoms with Crippen molar-refractivity contribution in [3.63, 3.8) is 0 Å². The van der Waals surface area contributed by atoms with E-state index >= 15 is 0 Å². The summed E-state index contributed by atoms with van der Waals surface area (Å²) < 4.78 is 0. The van der Waals surface area contributed by atoms with Crippen molar-refractivity contribution in [1.29, 1.82) is 0 Å². The van der Waals surface area contributed by atoms with Crippen LogP contribution in [0.1, 0.15) is 17.9 Å². The van der Waals surface area contributed by atoms with E-state index in [0.29, 0.717) is 13.1 Å². The molecule has 2 fully saturated rings. The Kier molecular flexibility index (Phi) is 4.55. The number of rotatable bonds is 4. The van der Waals surface area contributed by atoms with Crippen LogP contribution in [-0.2, 0) is 9.59 Å². The summed E-state index contributed by atoms with van der Waals surface area (Å²) in [7, 11) is 0. The van der Waals surface area contributed by atoms with Crippen LogP contribution in [-0.4, -0.2) is 31.4 Å². The Labute approximate surface area is 157 Å². The summed E-state index contributed by atoms with van der Waals surface area (Å²) in [6, 6.07) is 15.3. The third-order valence-corrected chi connectivity index (χ3v) is 5.31. The molecule has 0 unspecified atom stereocenters. The molecule has 2 aromatic carbocycles. The minimum absolute atomic E-state index is 0.0274. The van der Waals surface area contributed by atoms with E-state index in [0.717, 1.165) is 34.9 Å². The fourth-order valence-electron chi connectivity index (χ4n) is 3.45. The number of nitrogens with one attached hydrogen (secondary N) is 2. The zero-order valence-electron chi connectivity index (χ0n) is 14.2. The lowest BCUT2D eigenvalue weighted by molar-refractivity contribution is -0.120. The number of benzene rings is 2. The number of amides is 2. The smallest absolute Gasteiger partial charge is 0.239 e. The number of carbonyl (C=O) groups is 2. The molecule has 1 aliphatic heterocycles. The van der Waals surface area contributed by atoms with Crippen molar-refractivity contribution in [3.8, 4) is 0 Å². The van der Waals surface area contributed by atoms with Crippen molar-refractivity contribution < 1.29 is 9.59 Å². The molecule has 0 spiro atoms. The zero-order valence-corrected chi connectivity index (χ0v) is 15.0. The molecule has 26 heavy (non-hydrogen) atoms. The molecule has 0 radical (unpaired) electrons. The monoisotopic (exact) mass is 369 g/mol. The first-order chi connectivity index (χ1) is 12.6. The lowest BCUT2D eigenvalue weighted by atomic mass is 10.1. The molecule has 4 rings (SSSR count). The van der Waals surface area contributed by atoms with E-state index in [1.54, 1.807) is 0 Å². The van der Waals surface area contributed by atoms with Crippen LogP contribution in [0.3, 0.4) is 0 Å². The number of halogens is 1. The van der Waals surface area contributed by atoms with Gasteiger partial charge in [0, 0.05) is 35.4 Å². The Morgan fingerprint density at radius 1 is 1.15 bits per heavy atom. The van der Waals surface area contributed by atoms with E-state index in [4.69, 9.17) is 11.6 Å². The van der Waals surface area contributed by atoms with Crippen molar-refractivity contribution in [3.05, 3.63) is 59.1 Å². The third-order valence-electron chi connectivity index (χ3n) is 4.97. The largest absolute Gasteiger partial charge is 0.360 e. The molecule has 2 N–H and O–H groups in total. The molecule has 1 heterocycles. The van der Waals surface area contributed by atoms with Gasteiger partial charge in [0.2, 0.25) is 11.8 Å². The van der Waals surface area contributed by atoms with Crippen LogP contribution in [0.2, 0.25) is 5.02 Å². The first-order valence-corrected chi connectivity index (χ1v) is 9.16. The van der Waals surface area contributed by atoms with Crippen LogP contribution in [0, 0.1) is 5.92 Å². The van der Waals surface area contributed by atoms with E-state index in [1.165, 1.54) is 0 Å². The van der Waals surface area contributed by atoms with Gasteiger partial charge in [-0.05, 0) is 48.2 Å². The van der Waals surface area contributed by atoms with E-state index in [9.17, 15) is 9.59 Å². The molecule has 1 saturated heterocycles. The fourth-order valence-corrected chi connectivity index (χ4v) is 3.73. The van der Waals surface area contributed by atoms with Crippen molar-refractivity contribution in [2.75, 3.05) is 29.9 Å². The SMILES string of the molecule is O=C1CN(c2ccc(NC(=O)[C@H]3C[C@@H]3c3ccccc3Cl)cc2)CCN1. The summed E-state index contributed by atoms with van der Waals surface area (Å²) in [6.07, 6.45) is 0.830. The normalized spacial score (nSPS) is 21.9. The summed E-state index contributed by atoms with van der Waals surface area (Å²) in [5.41, 5.74) is 2.80. The van der Waals surface area contributed by atoms with Crippen LogP contribution < -0.4 is 15.5 Å². The van der Waals surface area contributed by atoms with Gasteiger partial charge in [-0.1, -0.05) is 29.8 Å². The Morgan fingerprint density at radius 3 is 2.65 bits per heavy atom. The maximum atomic E-state index is 12.5. The van der Waals surface area contributed by atoms with E-state index < -0.39 is 0 Å². The predicted octanol–water partition coefficient (Wildman–Crippen LogP) is 3.02. The summed E-state index contributed by atoms with van der Waals surface area (Å²) in [5.74, 6) is 0.239.